The largest absolute Gasteiger partial charge is 0.477 e. The van der Waals surface area contributed by atoms with E-state index in [1.54, 1.807) is 0 Å². The molecule has 2 unspecified atom stereocenters. The molecule has 0 aromatic rings. The van der Waals surface area contributed by atoms with Gasteiger partial charge in [0.05, 0.1) is 34.4 Å². The summed E-state index contributed by atoms with van der Waals surface area (Å²) < 4.78 is 17.2. The van der Waals surface area contributed by atoms with Crippen molar-refractivity contribution in [2.45, 2.75) is 219 Å². The maximum absolute atomic E-state index is 12.7. The molecule has 8 heteroatoms. The van der Waals surface area contributed by atoms with Crippen LogP contribution >= 0.6 is 0 Å². The van der Waals surface area contributed by atoms with E-state index in [0.29, 0.717) is 19.3 Å². The van der Waals surface area contributed by atoms with Crippen LogP contribution in [0, 0.1) is 0 Å². The molecule has 2 atom stereocenters. The number of rotatable bonds is 40. The number of carboxylic acids is 1. The van der Waals surface area contributed by atoms with Crippen LogP contribution in [0.25, 0.3) is 0 Å². The monoisotopic (exact) mass is 753 g/mol. The van der Waals surface area contributed by atoms with Gasteiger partial charge in [-0.05, 0) is 38.5 Å². The van der Waals surface area contributed by atoms with Gasteiger partial charge in [-0.1, -0.05) is 161 Å². The third-order valence-corrected chi connectivity index (χ3v) is 10.2. The van der Waals surface area contributed by atoms with Gasteiger partial charge in [-0.15, -0.1) is 0 Å². The average molecular weight is 753 g/mol. The number of hydrogen-bond acceptors (Lipinski definition) is 6. The van der Waals surface area contributed by atoms with Crippen LogP contribution in [0.3, 0.4) is 0 Å². The zero-order valence-corrected chi connectivity index (χ0v) is 35.5. The molecule has 0 radical (unpaired) electrons. The molecule has 53 heavy (non-hydrogen) atoms. The third-order valence-electron chi connectivity index (χ3n) is 10.2. The smallest absolute Gasteiger partial charge is 0.362 e. The molecule has 0 aliphatic carbocycles. The van der Waals surface area contributed by atoms with E-state index in [2.05, 4.69) is 26.0 Å². The number of esters is 2. The molecule has 0 heterocycles. The van der Waals surface area contributed by atoms with Crippen LogP contribution in [-0.2, 0) is 28.6 Å². The zero-order valence-electron chi connectivity index (χ0n) is 35.5. The lowest BCUT2D eigenvalue weighted by molar-refractivity contribution is -0.887. The van der Waals surface area contributed by atoms with Crippen LogP contribution in [0.2, 0.25) is 0 Å². The summed E-state index contributed by atoms with van der Waals surface area (Å²) in [6.07, 6.45) is 38.6. The molecule has 8 nitrogen and oxygen atoms in total. The Balaban J connectivity index is 4.08. The molecule has 0 aromatic carbocycles. The predicted molar refractivity (Wildman–Crippen MR) is 220 cm³/mol. The lowest BCUT2D eigenvalue weighted by atomic mass is 10.0. The molecule has 0 aliphatic heterocycles. The number of ether oxygens (including phenoxy) is 3. The van der Waals surface area contributed by atoms with Crippen LogP contribution < -0.4 is 0 Å². The van der Waals surface area contributed by atoms with Gasteiger partial charge in [0.15, 0.2) is 12.1 Å². The van der Waals surface area contributed by atoms with E-state index in [9.17, 15) is 19.5 Å². The van der Waals surface area contributed by atoms with E-state index in [4.69, 9.17) is 14.2 Å². The summed E-state index contributed by atoms with van der Waals surface area (Å²) in [5, 5.41) is 9.58. The number of quaternary nitrogens is 1. The van der Waals surface area contributed by atoms with Crippen molar-refractivity contribution in [2.75, 3.05) is 41.0 Å². The van der Waals surface area contributed by atoms with Gasteiger partial charge in [-0.3, -0.25) is 9.59 Å². The van der Waals surface area contributed by atoms with E-state index in [0.717, 1.165) is 38.5 Å². The van der Waals surface area contributed by atoms with Crippen molar-refractivity contribution in [1.82, 2.24) is 0 Å². The molecule has 312 valence electrons. The Hall–Kier alpha value is -1.93. The second kappa shape index (κ2) is 37.0. The first-order chi connectivity index (χ1) is 25.6. The maximum Gasteiger partial charge on any atom is 0.362 e. The fraction of sp³-hybridized carbons (Fsp3) is 0.889. The Kier molecular flexibility index (Phi) is 35.7. The minimum Gasteiger partial charge on any atom is -0.477 e. The highest BCUT2D eigenvalue weighted by atomic mass is 16.6. The average Bonchev–Trinajstić information content (AvgIpc) is 3.11. The predicted octanol–water partition coefficient (Wildman–Crippen LogP) is 11.9. The summed E-state index contributed by atoms with van der Waals surface area (Å²) in [4.78, 5) is 36.7. The van der Waals surface area contributed by atoms with Crippen molar-refractivity contribution in [3.05, 3.63) is 12.2 Å². The highest BCUT2D eigenvalue weighted by molar-refractivity contribution is 5.72. The molecule has 0 spiro atoms. The summed E-state index contributed by atoms with van der Waals surface area (Å²) in [6.45, 7) is 4.69. The summed E-state index contributed by atoms with van der Waals surface area (Å²) in [5.41, 5.74) is 0. The van der Waals surface area contributed by atoms with Gasteiger partial charge in [0.2, 0.25) is 0 Å². The van der Waals surface area contributed by atoms with Crippen molar-refractivity contribution in [3.63, 3.8) is 0 Å². The fourth-order valence-electron chi connectivity index (χ4n) is 6.67. The van der Waals surface area contributed by atoms with Crippen molar-refractivity contribution in [1.29, 1.82) is 0 Å². The number of aliphatic carboxylic acids is 1. The van der Waals surface area contributed by atoms with Crippen LogP contribution in [0.15, 0.2) is 12.2 Å². The molecule has 0 saturated heterocycles. The van der Waals surface area contributed by atoms with Crippen LogP contribution in [0.5, 0.6) is 0 Å². The van der Waals surface area contributed by atoms with Crippen LogP contribution in [-0.4, -0.2) is 80.6 Å². The minimum absolute atomic E-state index is 0.0471. The van der Waals surface area contributed by atoms with Gasteiger partial charge in [-0.2, -0.15) is 0 Å². The van der Waals surface area contributed by atoms with Gasteiger partial charge in [0, 0.05) is 19.3 Å². The lowest BCUT2D eigenvalue weighted by Crippen LogP contribution is -2.50. The first-order valence-corrected chi connectivity index (χ1v) is 22.2. The molecule has 0 fully saturated rings. The summed E-state index contributed by atoms with van der Waals surface area (Å²) >= 11 is 0. The number of likely N-dealkylation sites (N-methyl/N-ethyl adjacent to an activating group) is 1. The third kappa shape index (κ3) is 35.5. The molecule has 0 amide bonds. The molecule has 1 N–H and O–H groups in total. The highest BCUT2D eigenvalue weighted by Crippen LogP contribution is 2.15. The Bertz CT molecular complexity index is 885. The molecular weight excluding hydrogens is 666 g/mol. The number of allylic oxidation sites excluding steroid dienone is 2. The van der Waals surface area contributed by atoms with Gasteiger partial charge < -0.3 is 23.8 Å². The quantitative estimate of drug-likeness (QED) is 0.0288. The van der Waals surface area contributed by atoms with E-state index >= 15 is 0 Å². The SMILES string of the molecule is CCCCCCCCCC/C=C\CCCCCCCCCCCCCC(=O)OC(COCCC(C(=O)O)[N+](C)(C)C)COC(=O)CCCCCCCC. The van der Waals surface area contributed by atoms with Crippen molar-refractivity contribution in [2.24, 2.45) is 0 Å². The molecule has 0 aromatic heterocycles. The normalized spacial score (nSPS) is 13.0. The number of unbranched alkanes of at least 4 members (excludes halogenated alkanes) is 24. The summed E-state index contributed by atoms with van der Waals surface area (Å²) in [5.74, 6) is -1.47. The number of carboxylic acid groups (broad SMARTS) is 1. The first-order valence-electron chi connectivity index (χ1n) is 22.2. The number of carbonyl (C=O) groups is 3. The number of hydrogen-bond donors (Lipinski definition) is 1. The number of nitrogens with zero attached hydrogens (tertiary/aromatic N) is 1. The Labute approximate surface area is 327 Å². The zero-order chi connectivity index (χ0) is 39.3. The van der Waals surface area contributed by atoms with Crippen molar-refractivity contribution in [3.8, 4) is 0 Å². The van der Waals surface area contributed by atoms with Crippen LogP contribution in [0.4, 0.5) is 0 Å². The molecule has 0 aliphatic rings. The van der Waals surface area contributed by atoms with E-state index in [-0.39, 0.29) is 36.2 Å². The molecule has 0 bridgehead atoms. The first kappa shape index (κ1) is 51.1. The summed E-state index contributed by atoms with van der Waals surface area (Å²) in [6, 6.07) is -0.609. The topological polar surface area (TPSA) is 99.1 Å². The van der Waals surface area contributed by atoms with E-state index < -0.39 is 18.1 Å². The highest BCUT2D eigenvalue weighted by Gasteiger charge is 2.31. The standard InChI is InChI=1S/C45H85NO7/c1-6-8-10-12-14-15-16-17-18-19-20-21-22-23-24-25-26-27-28-29-30-32-34-36-44(48)53-41(39-51-38-37-42(45(49)50)46(3,4)5)40-52-43(47)35-33-31-13-11-9-7-2/h19-20,41-42H,6-18,21-40H2,1-5H3/p+1/b20-19-. The molecular formula is C45H86NO7+. The summed E-state index contributed by atoms with van der Waals surface area (Å²) in [7, 11) is 5.52. The lowest BCUT2D eigenvalue weighted by Gasteiger charge is -2.31. The van der Waals surface area contributed by atoms with E-state index in [1.165, 1.54) is 135 Å². The van der Waals surface area contributed by atoms with Crippen molar-refractivity contribution < 1.29 is 38.2 Å². The van der Waals surface area contributed by atoms with Gasteiger partial charge in [-0.25, -0.2) is 4.79 Å². The molecule has 0 saturated carbocycles. The molecule has 0 rings (SSSR count). The maximum atomic E-state index is 12.7. The second-order valence-corrected chi connectivity index (χ2v) is 16.3. The second-order valence-electron chi connectivity index (χ2n) is 16.3. The Morgan fingerprint density at radius 1 is 0.547 bits per heavy atom. The number of carbonyl (C=O) groups excluding carboxylic acids is 2. The van der Waals surface area contributed by atoms with Gasteiger partial charge >= 0.3 is 17.9 Å². The van der Waals surface area contributed by atoms with Gasteiger partial charge in [0.1, 0.15) is 6.61 Å². The minimum atomic E-state index is -0.874. The van der Waals surface area contributed by atoms with Crippen LogP contribution in [0.1, 0.15) is 206 Å². The van der Waals surface area contributed by atoms with Crippen molar-refractivity contribution >= 4 is 17.9 Å². The Morgan fingerprint density at radius 3 is 1.36 bits per heavy atom. The Morgan fingerprint density at radius 2 is 0.943 bits per heavy atom. The van der Waals surface area contributed by atoms with E-state index in [1.807, 2.05) is 21.1 Å². The van der Waals surface area contributed by atoms with Gasteiger partial charge in [0.25, 0.3) is 0 Å². The fourth-order valence-corrected chi connectivity index (χ4v) is 6.67.